The first-order chi connectivity index (χ1) is 12.9. The Morgan fingerprint density at radius 2 is 1.93 bits per heavy atom. The molecule has 0 unspecified atom stereocenters. The number of ether oxygens (including phenoxy) is 1. The van der Waals surface area contributed by atoms with Crippen LogP contribution in [0.5, 0.6) is 0 Å². The van der Waals surface area contributed by atoms with E-state index in [-0.39, 0.29) is 11.3 Å². The molecule has 0 atom stereocenters. The molecular weight excluding hydrogens is 354 g/mol. The van der Waals surface area contributed by atoms with Crippen LogP contribution in [0.2, 0.25) is 0 Å². The van der Waals surface area contributed by atoms with Gasteiger partial charge in [0.1, 0.15) is 5.60 Å². The minimum Gasteiger partial charge on any atom is -0.438 e. The maximum Gasteiger partial charge on any atom is 0.421 e. The summed E-state index contributed by atoms with van der Waals surface area (Å²) in [5.41, 5.74) is 1.02. The number of carbonyl (C=O) groups excluding carboxylic acids is 1. The molecule has 0 N–H and O–H groups in total. The molecule has 0 spiro atoms. The van der Waals surface area contributed by atoms with Gasteiger partial charge in [0.05, 0.1) is 17.4 Å². The smallest absolute Gasteiger partial charge is 0.421 e. The molecule has 4 aromatic heterocycles. The molecule has 1 aliphatic heterocycles. The van der Waals surface area contributed by atoms with Gasteiger partial charge in [-0.2, -0.15) is 4.39 Å². The standard InChI is InChI=1S/C19H12F2N4O2/c1-19(2)12-7-22-6-11-9-3-4-14(10-5-15(21)23-8-13(10)20)24-17(9)25(16(11)12)18(26)27-19/h3-8H,1-2H3. The van der Waals surface area contributed by atoms with Crippen LogP contribution >= 0.6 is 0 Å². The van der Waals surface area contributed by atoms with E-state index < -0.39 is 23.5 Å². The van der Waals surface area contributed by atoms with Gasteiger partial charge in [0, 0.05) is 40.4 Å². The van der Waals surface area contributed by atoms with Crippen molar-refractivity contribution in [1.29, 1.82) is 0 Å². The van der Waals surface area contributed by atoms with Crippen molar-refractivity contribution in [3.8, 4) is 11.3 Å². The van der Waals surface area contributed by atoms with Crippen molar-refractivity contribution in [2.45, 2.75) is 19.4 Å². The molecule has 134 valence electrons. The molecule has 0 bridgehead atoms. The first-order valence-corrected chi connectivity index (χ1v) is 8.21. The van der Waals surface area contributed by atoms with Crippen molar-refractivity contribution >= 4 is 28.0 Å². The summed E-state index contributed by atoms with van der Waals surface area (Å²) < 4.78 is 34.5. The maximum absolute atomic E-state index is 14.1. The van der Waals surface area contributed by atoms with E-state index >= 15 is 0 Å². The van der Waals surface area contributed by atoms with Crippen LogP contribution in [0.25, 0.3) is 33.2 Å². The van der Waals surface area contributed by atoms with Crippen molar-refractivity contribution in [3.63, 3.8) is 0 Å². The molecule has 0 radical (unpaired) electrons. The highest BCUT2D eigenvalue weighted by molar-refractivity contribution is 6.13. The van der Waals surface area contributed by atoms with Gasteiger partial charge in [-0.1, -0.05) is 0 Å². The van der Waals surface area contributed by atoms with Gasteiger partial charge in [0.25, 0.3) is 0 Å². The second kappa shape index (κ2) is 5.06. The summed E-state index contributed by atoms with van der Waals surface area (Å²) >= 11 is 0. The van der Waals surface area contributed by atoms with E-state index in [0.717, 1.165) is 23.2 Å². The summed E-state index contributed by atoms with van der Waals surface area (Å²) in [6.07, 6.45) is 3.53. The van der Waals surface area contributed by atoms with Crippen LogP contribution in [0.4, 0.5) is 13.6 Å². The van der Waals surface area contributed by atoms with Crippen LogP contribution in [0.1, 0.15) is 19.4 Å². The first kappa shape index (κ1) is 15.8. The number of carbonyl (C=O) groups is 1. The number of fused-ring (bicyclic) bond motifs is 3. The molecule has 0 fully saturated rings. The van der Waals surface area contributed by atoms with Gasteiger partial charge in [-0.3, -0.25) is 4.98 Å². The molecule has 0 saturated heterocycles. The molecule has 5 heterocycles. The molecule has 1 aliphatic rings. The van der Waals surface area contributed by atoms with E-state index in [2.05, 4.69) is 15.0 Å². The first-order valence-electron chi connectivity index (χ1n) is 8.21. The Bertz CT molecular complexity index is 1280. The van der Waals surface area contributed by atoms with Gasteiger partial charge < -0.3 is 4.74 Å². The van der Waals surface area contributed by atoms with Crippen LogP contribution < -0.4 is 0 Å². The van der Waals surface area contributed by atoms with Crippen molar-refractivity contribution < 1.29 is 18.3 Å². The summed E-state index contributed by atoms with van der Waals surface area (Å²) in [6.45, 7) is 3.58. The summed E-state index contributed by atoms with van der Waals surface area (Å²) in [4.78, 5) is 24.6. The van der Waals surface area contributed by atoms with E-state index in [1.54, 1.807) is 38.4 Å². The molecular formula is C19H12F2N4O2. The Morgan fingerprint density at radius 1 is 1.11 bits per heavy atom. The van der Waals surface area contributed by atoms with Gasteiger partial charge in [-0.15, -0.1) is 0 Å². The van der Waals surface area contributed by atoms with Crippen LogP contribution in [0, 0.1) is 11.8 Å². The zero-order valence-corrected chi connectivity index (χ0v) is 14.3. The number of aromatic nitrogens is 4. The molecule has 8 heteroatoms. The highest BCUT2D eigenvalue weighted by Crippen LogP contribution is 2.40. The van der Waals surface area contributed by atoms with Crippen molar-refractivity contribution in [3.05, 3.63) is 54.1 Å². The fourth-order valence-corrected chi connectivity index (χ4v) is 3.52. The highest BCUT2D eigenvalue weighted by Gasteiger charge is 2.37. The predicted octanol–water partition coefficient (Wildman–Crippen LogP) is 4.16. The Morgan fingerprint density at radius 3 is 2.74 bits per heavy atom. The Balaban J connectivity index is 1.89. The van der Waals surface area contributed by atoms with Crippen molar-refractivity contribution in [1.82, 2.24) is 19.5 Å². The topological polar surface area (TPSA) is 69.9 Å². The lowest BCUT2D eigenvalue weighted by Gasteiger charge is -2.30. The fraction of sp³-hybridized carbons (Fsp3) is 0.158. The third-order valence-corrected chi connectivity index (χ3v) is 4.79. The van der Waals surface area contributed by atoms with Gasteiger partial charge in [-0.05, 0) is 26.0 Å². The van der Waals surface area contributed by atoms with Gasteiger partial charge >= 0.3 is 6.09 Å². The molecule has 6 nitrogen and oxygen atoms in total. The molecule has 0 aliphatic carbocycles. The zero-order valence-electron chi connectivity index (χ0n) is 14.3. The van der Waals surface area contributed by atoms with Crippen LogP contribution in [0.3, 0.4) is 0 Å². The predicted molar refractivity (Wildman–Crippen MR) is 93.1 cm³/mol. The SMILES string of the molecule is CC1(C)OC(=O)n2c3nc(-c4cc(F)ncc4F)ccc3c3cncc1c32. The third-order valence-electron chi connectivity index (χ3n) is 4.79. The van der Waals surface area contributed by atoms with E-state index in [4.69, 9.17) is 4.74 Å². The lowest BCUT2D eigenvalue weighted by molar-refractivity contribution is 0.0336. The van der Waals surface area contributed by atoms with E-state index in [9.17, 15) is 13.6 Å². The Kier molecular flexibility index (Phi) is 2.96. The van der Waals surface area contributed by atoms with E-state index in [0.29, 0.717) is 16.6 Å². The maximum atomic E-state index is 14.1. The monoisotopic (exact) mass is 366 g/mol. The molecule has 5 rings (SSSR count). The summed E-state index contributed by atoms with van der Waals surface area (Å²) in [6, 6.07) is 4.26. The average Bonchev–Trinajstić information content (AvgIpc) is 2.96. The normalized spacial score (nSPS) is 15.3. The minimum atomic E-state index is -0.836. The van der Waals surface area contributed by atoms with Gasteiger partial charge in [-0.25, -0.2) is 23.7 Å². The van der Waals surface area contributed by atoms with Crippen molar-refractivity contribution in [2.75, 3.05) is 0 Å². The number of rotatable bonds is 1. The number of nitrogens with zero attached hydrogens (tertiary/aromatic N) is 4. The van der Waals surface area contributed by atoms with Gasteiger partial charge in [0.15, 0.2) is 11.5 Å². The molecule has 0 aromatic carbocycles. The van der Waals surface area contributed by atoms with E-state index in [1.165, 1.54) is 4.57 Å². The van der Waals surface area contributed by atoms with Crippen molar-refractivity contribution in [2.24, 2.45) is 0 Å². The molecule has 0 saturated carbocycles. The van der Waals surface area contributed by atoms with E-state index in [1.807, 2.05) is 0 Å². The highest BCUT2D eigenvalue weighted by atomic mass is 19.1. The largest absolute Gasteiger partial charge is 0.438 e. The molecule has 0 amide bonds. The third kappa shape index (κ3) is 2.09. The number of hydrogen-bond acceptors (Lipinski definition) is 5. The second-order valence-corrected chi connectivity index (χ2v) is 6.85. The lowest BCUT2D eigenvalue weighted by atomic mass is 9.97. The number of halogens is 2. The minimum absolute atomic E-state index is 0.0367. The fourth-order valence-electron chi connectivity index (χ4n) is 3.52. The Hall–Kier alpha value is -3.42. The second-order valence-electron chi connectivity index (χ2n) is 6.85. The number of hydrogen-bond donors (Lipinski definition) is 0. The molecule has 4 aromatic rings. The van der Waals surface area contributed by atoms with Crippen LogP contribution in [0.15, 0.2) is 36.8 Å². The lowest BCUT2D eigenvalue weighted by Crippen LogP contribution is -2.33. The number of pyridine rings is 3. The number of cyclic esters (lactones) is 1. The molecule has 27 heavy (non-hydrogen) atoms. The van der Waals surface area contributed by atoms with Crippen LogP contribution in [-0.2, 0) is 10.3 Å². The quantitative estimate of drug-likeness (QED) is 0.473. The average molecular weight is 366 g/mol. The summed E-state index contributed by atoms with van der Waals surface area (Å²) in [7, 11) is 0. The summed E-state index contributed by atoms with van der Waals surface area (Å²) in [5.74, 6) is -1.52. The Labute approximate surface area is 151 Å². The van der Waals surface area contributed by atoms with Gasteiger partial charge in [0.2, 0.25) is 5.95 Å². The summed E-state index contributed by atoms with van der Waals surface area (Å²) in [5, 5.41) is 1.42. The zero-order chi connectivity index (χ0) is 18.9. The van der Waals surface area contributed by atoms with Crippen LogP contribution in [-0.4, -0.2) is 25.6 Å².